The average Bonchev–Trinajstić information content (AvgIpc) is 2.42. The van der Waals surface area contributed by atoms with Crippen molar-refractivity contribution in [2.75, 3.05) is 12.4 Å². The van der Waals surface area contributed by atoms with Crippen LogP contribution in [0, 0.1) is 5.82 Å². The first-order valence-electron chi connectivity index (χ1n) is 5.85. The summed E-state index contributed by atoms with van der Waals surface area (Å²) in [5.41, 5.74) is 1.26. The van der Waals surface area contributed by atoms with Crippen LogP contribution in [-0.2, 0) is 0 Å². The number of hydrogen-bond donors (Lipinski definition) is 2. The number of nitrogens with one attached hydrogen (secondary N) is 1. The van der Waals surface area contributed by atoms with E-state index in [9.17, 15) is 9.50 Å². The summed E-state index contributed by atoms with van der Waals surface area (Å²) in [4.78, 5) is 4.06. The predicted molar refractivity (Wildman–Crippen MR) is 70.9 cm³/mol. The van der Waals surface area contributed by atoms with Crippen molar-refractivity contribution < 1.29 is 14.2 Å². The number of halogens is 1. The molecule has 0 amide bonds. The molecule has 100 valence electrons. The predicted octanol–water partition coefficient (Wildman–Crippen LogP) is 3.11. The molecule has 4 nitrogen and oxygen atoms in total. The second-order valence-corrected chi connectivity index (χ2v) is 4.16. The summed E-state index contributed by atoms with van der Waals surface area (Å²) in [6, 6.07) is 7.16. The van der Waals surface area contributed by atoms with Gasteiger partial charge in [0.25, 0.3) is 0 Å². The molecule has 1 unspecified atom stereocenters. The van der Waals surface area contributed by atoms with Crippen LogP contribution < -0.4 is 10.1 Å². The Hall–Kier alpha value is -2.30. The summed E-state index contributed by atoms with van der Waals surface area (Å²) in [5.74, 6) is 0.198. The topological polar surface area (TPSA) is 54.4 Å². The SMILES string of the molecule is COc1ccc(NC(C)c2cc(F)ccc2O)cn1. The molecule has 2 N–H and O–H groups in total. The fraction of sp³-hybridized carbons (Fsp3) is 0.214. The number of benzene rings is 1. The zero-order valence-electron chi connectivity index (χ0n) is 10.7. The lowest BCUT2D eigenvalue weighted by Gasteiger charge is -2.16. The van der Waals surface area contributed by atoms with Crippen LogP contribution in [0.15, 0.2) is 36.5 Å². The highest BCUT2D eigenvalue weighted by Gasteiger charge is 2.11. The van der Waals surface area contributed by atoms with E-state index in [1.165, 1.54) is 18.2 Å². The summed E-state index contributed by atoms with van der Waals surface area (Å²) >= 11 is 0. The summed E-state index contributed by atoms with van der Waals surface area (Å²) < 4.78 is 18.1. The number of anilines is 1. The van der Waals surface area contributed by atoms with Crippen LogP contribution in [-0.4, -0.2) is 17.2 Å². The number of phenolic OH excluding ortho intramolecular Hbond substituents is 1. The molecule has 0 saturated heterocycles. The van der Waals surface area contributed by atoms with Crippen molar-refractivity contribution in [3.8, 4) is 11.6 Å². The number of aromatic hydroxyl groups is 1. The molecule has 0 aliphatic heterocycles. The second-order valence-electron chi connectivity index (χ2n) is 4.16. The molecule has 1 atom stereocenters. The van der Waals surface area contributed by atoms with Gasteiger partial charge < -0.3 is 15.2 Å². The van der Waals surface area contributed by atoms with Crippen molar-refractivity contribution in [1.29, 1.82) is 0 Å². The zero-order chi connectivity index (χ0) is 13.8. The minimum absolute atomic E-state index is 0.0582. The van der Waals surface area contributed by atoms with E-state index in [0.29, 0.717) is 11.4 Å². The van der Waals surface area contributed by atoms with Crippen LogP contribution in [0.3, 0.4) is 0 Å². The third-order valence-corrected chi connectivity index (χ3v) is 2.78. The Bertz CT molecular complexity index is 558. The molecule has 0 radical (unpaired) electrons. The summed E-state index contributed by atoms with van der Waals surface area (Å²) in [7, 11) is 1.54. The molecular formula is C14H15FN2O2. The minimum atomic E-state index is -0.380. The Kier molecular flexibility index (Phi) is 3.85. The molecule has 2 rings (SSSR count). The van der Waals surface area contributed by atoms with Crippen molar-refractivity contribution >= 4 is 5.69 Å². The van der Waals surface area contributed by atoms with Gasteiger partial charge >= 0.3 is 0 Å². The molecule has 1 aromatic heterocycles. The first-order chi connectivity index (χ1) is 9.10. The van der Waals surface area contributed by atoms with E-state index in [1.54, 1.807) is 25.4 Å². The highest BCUT2D eigenvalue weighted by atomic mass is 19.1. The number of rotatable bonds is 4. The van der Waals surface area contributed by atoms with E-state index in [4.69, 9.17) is 4.74 Å². The van der Waals surface area contributed by atoms with E-state index < -0.39 is 0 Å². The van der Waals surface area contributed by atoms with Crippen molar-refractivity contribution in [2.45, 2.75) is 13.0 Å². The number of nitrogens with zero attached hydrogens (tertiary/aromatic N) is 1. The van der Waals surface area contributed by atoms with Crippen LogP contribution in [0.25, 0.3) is 0 Å². The van der Waals surface area contributed by atoms with Crippen LogP contribution in [0.1, 0.15) is 18.5 Å². The van der Waals surface area contributed by atoms with Gasteiger partial charge in [-0.1, -0.05) is 0 Å². The minimum Gasteiger partial charge on any atom is -0.508 e. The number of hydrogen-bond acceptors (Lipinski definition) is 4. The Balaban J connectivity index is 2.15. The molecule has 0 aliphatic rings. The maximum absolute atomic E-state index is 13.2. The fourth-order valence-electron chi connectivity index (χ4n) is 1.79. The Morgan fingerprint density at radius 2 is 2.11 bits per heavy atom. The summed E-state index contributed by atoms with van der Waals surface area (Å²) in [6.07, 6.45) is 1.62. The van der Waals surface area contributed by atoms with Crippen molar-refractivity contribution in [2.24, 2.45) is 0 Å². The zero-order valence-corrected chi connectivity index (χ0v) is 10.7. The molecule has 5 heteroatoms. The smallest absolute Gasteiger partial charge is 0.213 e. The molecule has 0 spiro atoms. The quantitative estimate of drug-likeness (QED) is 0.889. The molecule has 19 heavy (non-hydrogen) atoms. The normalized spacial score (nSPS) is 11.9. The molecule has 2 aromatic rings. The highest BCUT2D eigenvalue weighted by Crippen LogP contribution is 2.27. The molecule has 1 heterocycles. The third-order valence-electron chi connectivity index (χ3n) is 2.78. The summed E-state index contributed by atoms with van der Waals surface area (Å²) in [6.45, 7) is 1.83. The molecule has 0 fully saturated rings. The standard InChI is InChI=1S/C14H15FN2O2/c1-9(12-7-10(15)3-5-13(12)18)17-11-4-6-14(19-2)16-8-11/h3-9,17-18H,1-2H3. The third kappa shape index (κ3) is 3.13. The van der Waals surface area contributed by atoms with Gasteiger partial charge in [0.05, 0.1) is 25.0 Å². The van der Waals surface area contributed by atoms with Gasteiger partial charge in [-0.2, -0.15) is 0 Å². The lowest BCUT2D eigenvalue weighted by Crippen LogP contribution is -2.07. The maximum atomic E-state index is 13.2. The Labute approximate surface area is 110 Å². The van der Waals surface area contributed by atoms with Gasteiger partial charge in [0, 0.05) is 11.6 Å². The van der Waals surface area contributed by atoms with E-state index >= 15 is 0 Å². The number of methoxy groups -OCH3 is 1. The van der Waals surface area contributed by atoms with Gasteiger partial charge in [0.1, 0.15) is 11.6 Å². The van der Waals surface area contributed by atoms with Gasteiger partial charge in [-0.3, -0.25) is 0 Å². The van der Waals surface area contributed by atoms with Crippen molar-refractivity contribution in [3.05, 3.63) is 47.9 Å². The first-order valence-corrected chi connectivity index (χ1v) is 5.85. The number of pyridine rings is 1. The molecule has 0 saturated carbocycles. The van der Waals surface area contributed by atoms with E-state index in [0.717, 1.165) is 5.69 Å². The van der Waals surface area contributed by atoms with E-state index in [-0.39, 0.29) is 17.6 Å². The van der Waals surface area contributed by atoms with Crippen molar-refractivity contribution in [1.82, 2.24) is 4.98 Å². The van der Waals surface area contributed by atoms with Crippen LogP contribution >= 0.6 is 0 Å². The number of aromatic nitrogens is 1. The molecular weight excluding hydrogens is 247 g/mol. The van der Waals surface area contributed by atoms with E-state index in [2.05, 4.69) is 10.3 Å². The number of phenols is 1. The lowest BCUT2D eigenvalue weighted by molar-refractivity contribution is 0.398. The van der Waals surface area contributed by atoms with Crippen LogP contribution in [0.4, 0.5) is 10.1 Å². The van der Waals surface area contributed by atoms with E-state index in [1.807, 2.05) is 6.92 Å². The second kappa shape index (κ2) is 5.56. The number of ether oxygens (including phenoxy) is 1. The fourth-order valence-corrected chi connectivity index (χ4v) is 1.79. The molecule has 0 aliphatic carbocycles. The summed E-state index contributed by atoms with van der Waals surface area (Å²) in [5, 5.41) is 12.9. The molecule has 0 bridgehead atoms. The Morgan fingerprint density at radius 1 is 1.32 bits per heavy atom. The highest BCUT2D eigenvalue weighted by molar-refractivity contribution is 5.46. The van der Waals surface area contributed by atoms with Gasteiger partial charge in [-0.05, 0) is 31.2 Å². The van der Waals surface area contributed by atoms with Gasteiger partial charge in [-0.15, -0.1) is 0 Å². The lowest BCUT2D eigenvalue weighted by atomic mass is 10.1. The maximum Gasteiger partial charge on any atom is 0.213 e. The molecule has 1 aromatic carbocycles. The van der Waals surface area contributed by atoms with Gasteiger partial charge in [-0.25, -0.2) is 9.37 Å². The van der Waals surface area contributed by atoms with Gasteiger partial charge in [0.15, 0.2) is 0 Å². The van der Waals surface area contributed by atoms with Crippen LogP contribution in [0.2, 0.25) is 0 Å². The first kappa shape index (κ1) is 13.1. The van der Waals surface area contributed by atoms with Crippen LogP contribution in [0.5, 0.6) is 11.6 Å². The van der Waals surface area contributed by atoms with Gasteiger partial charge in [0.2, 0.25) is 5.88 Å². The monoisotopic (exact) mass is 262 g/mol. The average molecular weight is 262 g/mol. The largest absolute Gasteiger partial charge is 0.508 e. The Morgan fingerprint density at radius 3 is 2.74 bits per heavy atom. The van der Waals surface area contributed by atoms with Crippen molar-refractivity contribution in [3.63, 3.8) is 0 Å².